The minimum atomic E-state index is -0.490. The maximum atomic E-state index is 14.0. The molecule has 14 heteroatoms. The fraction of sp³-hybridized carbons (Fsp3) is 0.317. The molecule has 55 heavy (non-hydrogen) atoms. The topological polar surface area (TPSA) is 132 Å². The van der Waals surface area contributed by atoms with Gasteiger partial charge in [-0.2, -0.15) is 0 Å². The molecule has 2 aromatic carbocycles. The Kier molecular flexibility index (Phi) is 11.1. The molecule has 0 amide bonds. The lowest BCUT2D eigenvalue weighted by Gasteiger charge is -2.33. The summed E-state index contributed by atoms with van der Waals surface area (Å²) >= 11 is 0. The van der Waals surface area contributed by atoms with Crippen LogP contribution in [0.4, 0.5) is 20.2 Å². The Labute approximate surface area is 316 Å². The summed E-state index contributed by atoms with van der Waals surface area (Å²) in [7, 11) is 4.82. The van der Waals surface area contributed by atoms with E-state index in [-0.39, 0.29) is 28.7 Å². The Morgan fingerprint density at radius 1 is 0.655 bits per heavy atom. The summed E-state index contributed by atoms with van der Waals surface area (Å²) in [5, 5.41) is 3.32. The van der Waals surface area contributed by atoms with Gasteiger partial charge in [-0.25, -0.2) is 18.7 Å². The molecule has 286 valence electrons. The lowest BCUT2D eigenvalue weighted by Crippen LogP contribution is -2.41. The van der Waals surface area contributed by atoms with Crippen LogP contribution in [0.2, 0.25) is 0 Å². The largest absolute Gasteiger partial charge is 0.494 e. The average molecular weight is 751 g/mol. The number of nitrogens with zero attached hydrogens (tertiary/aromatic N) is 6. The smallest absolute Gasteiger partial charge is 0.258 e. The molecule has 2 fully saturated rings. The number of benzene rings is 2. The van der Waals surface area contributed by atoms with Crippen molar-refractivity contribution in [2.24, 2.45) is 5.73 Å². The molecule has 0 spiro atoms. The van der Waals surface area contributed by atoms with Crippen LogP contribution in [0.15, 0.2) is 94.8 Å². The first kappa shape index (κ1) is 37.5. The van der Waals surface area contributed by atoms with Crippen LogP contribution in [0.3, 0.4) is 0 Å². The van der Waals surface area contributed by atoms with Gasteiger partial charge in [0.05, 0.1) is 37.0 Å². The fourth-order valence-corrected chi connectivity index (χ4v) is 7.09. The quantitative estimate of drug-likeness (QED) is 0.226. The van der Waals surface area contributed by atoms with E-state index in [1.165, 1.54) is 55.0 Å². The molecule has 6 heterocycles. The first-order chi connectivity index (χ1) is 26.6. The Hall–Kier alpha value is -5.86. The molecule has 3 N–H and O–H groups in total. The highest BCUT2D eigenvalue weighted by molar-refractivity contribution is 5.65. The standard InChI is InChI=1S/C21H23FN4O2.C20H21FN4O2/c1-23-15-7-9-25(10-8-15)16-4-6-20-24-18(12-21(27)26(20)13-16)14-3-5-19(28-2)17(22)11-14;1-27-18-4-2-13(10-16(18)21)17-11-20(26)25-12-15(3-5-19(25)23-17)24-8-6-14(22)7-9-24/h3-6,11-13,15,23H,7-10H2,1-2H3;2-5,10-12,14H,6-9,22H2,1H3. The van der Waals surface area contributed by atoms with Crippen molar-refractivity contribution >= 4 is 22.7 Å². The van der Waals surface area contributed by atoms with E-state index < -0.39 is 11.6 Å². The number of halogens is 2. The van der Waals surface area contributed by atoms with Crippen molar-refractivity contribution in [2.75, 3.05) is 57.2 Å². The highest BCUT2D eigenvalue weighted by atomic mass is 19.1. The molecule has 0 saturated carbocycles. The molecule has 2 aliphatic heterocycles. The van der Waals surface area contributed by atoms with Crippen molar-refractivity contribution in [3.05, 3.63) is 118 Å². The van der Waals surface area contributed by atoms with Gasteiger partial charge in [-0.1, -0.05) is 0 Å². The van der Waals surface area contributed by atoms with Crippen molar-refractivity contribution in [2.45, 2.75) is 37.8 Å². The van der Waals surface area contributed by atoms with Crippen molar-refractivity contribution in [1.82, 2.24) is 24.1 Å². The first-order valence-electron chi connectivity index (χ1n) is 18.3. The van der Waals surface area contributed by atoms with E-state index in [1.54, 1.807) is 22.7 Å². The van der Waals surface area contributed by atoms with Crippen LogP contribution >= 0.6 is 0 Å². The number of anilines is 2. The Bertz CT molecular complexity index is 2440. The number of aromatic nitrogens is 4. The predicted octanol–water partition coefficient (Wildman–Crippen LogP) is 5.13. The molecule has 0 aliphatic carbocycles. The summed E-state index contributed by atoms with van der Waals surface area (Å²) in [5.41, 5.74) is 10.5. The number of hydrogen-bond acceptors (Lipinski definition) is 10. The SMILES string of the molecule is CNC1CCN(c2ccc3nc(-c4ccc(OC)c(F)c4)cc(=O)n3c2)CC1.COc1ccc(-c2cc(=O)n3cc(N4CCC(N)CC4)ccc3n2)cc1F. The van der Waals surface area contributed by atoms with Gasteiger partial charge in [0.25, 0.3) is 11.1 Å². The van der Waals surface area contributed by atoms with E-state index in [0.29, 0.717) is 39.9 Å². The Morgan fingerprint density at radius 3 is 1.49 bits per heavy atom. The second kappa shape index (κ2) is 16.2. The number of nitrogens with two attached hydrogens (primary N) is 1. The van der Waals surface area contributed by atoms with Gasteiger partial charge < -0.3 is 30.3 Å². The van der Waals surface area contributed by atoms with E-state index in [2.05, 4.69) is 25.1 Å². The molecule has 0 unspecified atom stereocenters. The summed E-state index contributed by atoms with van der Waals surface area (Å²) in [4.78, 5) is 38.9. The van der Waals surface area contributed by atoms with Crippen LogP contribution in [0.25, 0.3) is 33.8 Å². The van der Waals surface area contributed by atoms with E-state index in [4.69, 9.17) is 15.2 Å². The minimum absolute atomic E-state index is 0.155. The number of methoxy groups -OCH3 is 2. The summed E-state index contributed by atoms with van der Waals surface area (Å²) < 4.78 is 40.9. The van der Waals surface area contributed by atoms with Crippen molar-refractivity contribution in [3.63, 3.8) is 0 Å². The monoisotopic (exact) mass is 750 g/mol. The van der Waals surface area contributed by atoms with Gasteiger partial charge in [0.2, 0.25) is 0 Å². The minimum Gasteiger partial charge on any atom is -0.494 e. The molecule has 6 aromatic rings. The highest BCUT2D eigenvalue weighted by Crippen LogP contribution is 2.27. The van der Waals surface area contributed by atoms with Crippen molar-refractivity contribution < 1.29 is 18.3 Å². The second-order valence-electron chi connectivity index (χ2n) is 13.8. The highest BCUT2D eigenvalue weighted by Gasteiger charge is 2.20. The molecule has 0 radical (unpaired) electrons. The lowest BCUT2D eigenvalue weighted by molar-refractivity contribution is 0.386. The molecule has 2 aliphatic rings. The van der Waals surface area contributed by atoms with Gasteiger partial charge in [0, 0.05) is 73.9 Å². The number of piperidine rings is 2. The number of rotatable bonds is 7. The third-order valence-corrected chi connectivity index (χ3v) is 10.4. The zero-order valence-corrected chi connectivity index (χ0v) is 31.0. The summed E-state index contributed by atoms with van der Waals surface area (Å²) in [6, 6.07) is 20.3. The summed E-state index contributed by atoms with van der Waals surface area (Å²) in [6.07, 6.45) is 7.66. The van der Waals surface area contributed by atoms with E-state index in [0.717, 1.165) is 63.2 Å². The van der Waals surface area contributed by atoms with Gasteiger partial charge in [0.1, 0.15) is 11.3 Å². The normalized spacial score (nSPS) is 15.2. The van der Waals surface area contributed by atoms with Gasteiger partial charge in [-0.05, 0) is 93.4 Å². The van der Waals surface area contributed by atoms with E-state index >= 15 is 0 Å². The number of ether oxygens (including phenoxy) is 2. The third-order valence-electron chi connectivity index (χ3n) is 10.4. The van der Waals surface area contributed by atoms with Crippen LogP contribution in [-0.2, 0) is 0 Å². The fourth-order valence-electron chi connectivity index (χ4n) is 7.09. The molecule has 8 rings (SSSR count). The molecule has 0 bridgehead atoms. The summed E-state index contributed by atoms with van der Waals surface area (Å²) in [5.74, 6) is -0.659. The zero-order chi connectivity index (χ0) is 38.6. The Balaban J connectivity index is 0.000000169. The first-order valence-corrected chi connectivity index (χ1v) is 18.3. The predicted molar refractivity (Wildman–Crippen MR) is 211 cm³/mol. The maximum absolute atomic E-state index is 14.0. The van der Waals surface area contributed by atoms with Gasteiger partial charge in [-0.3, -0.25) is 18.4 Å². The van der Waals surface area contributed by atoms with Gasteiger partial charge in [0.15, 0.2) is 23.1 Å². The van der Waals surface area contributed by atoms with Crippen molar-refractivity contribution in [1.29, 1.82) is 0 Å². The van der Waals surface area contributed by atoms with Crippen LogP contribution in [0.5, 0.6) is 11.5 Å². The number of pyridine rings is 2. The van der Waals surface area contributed by atoms with Crippen LogP contribution in [-0.4, -0.2) is 78.3 Å². The van der Waals surface area contributed by atoms with E-state index in [1.807, 2.05) is 37.5 Å². The Morgan fingerprint density at radius 2 is 1.09 bits per heavy atom. The number of fused-ring (bicyclic) bond motifs is 2. The van der Waals surface area contributed by atoms with Crippen LogP contribution in [0.1, 0.15) is 25.7 Å². The van der Waals surface area contributed by atoms with Gasteiger partial charge in [-0.15, -0.1) is 0 Å². The zero-order valence-electron chi connectivity index (χ0n) is 31.0. The molecule has 4 aromatic heterocycles. The third kappa shape index (κ3) is 8.15. The number of hydrogen-bond donors (Lipinski definition) is 2. The molecule has 2 saturated heterocycles. The molecular formula is C41H44F2N8O4. The maximum Gasteiger partial charge on any atom is 0.258 e. The van der Waals surface area contributed by atoms with Crippen molar-refractivity contribution in [3.8, 4) is 34.0 Å². The lowest BCUT2D eigenvalue weighted by atomic mass is 10.1. The van der Waals surface area contributed by atoms with Crippen LogP contribution < -0.4 is 41.4 Å². The van der Waals surface area contributed by atoms with Gasteiger partial charge >= 0.3 is 0 Å². The van der Waals surface area contributed by atoms with Crippen LogP contribution in [0, 0.1) is 11.6 Å². The average Bonchev–Trinajstić information content (AvgIpc) is 3.21. The summed E-state index contributed by atoms with van der Waals surface area (Å²) in [6.45, 7) is 3.64. The second-order valence-corrected chi connectivity index (χ2v) is 13.8. The molecular weight excluding hydrogens is 706 g/mol. The number of nitrogens with one attached hydrogen (secondary N) is 1. The molecule has 0 atom stereocenters. The van der Waals surface area contributed by atoms with E-state index in [9.17, 15) is 18.4 Å². The molecule has 12 nitrogen and oxygen atoms in total.